The van der Waals surface area contributed by atoms with E-state index in [1.165, 1.54) is 29.8 Å². The molecule has 1 aliphatic heterocycles. The number of aromatic nitrogens is 2. The van der Waals surface area contributed by atoms with E-state index in [0.717, 1.165) is 16.6 Å². The molecule has 6 heteroatoms. The van der Waals surface area contributed by atoms with Crippen molar-refractivity contribution in [3.63, 3.8) is 0 Å². The first-order valence-electron chi connectivity index (χ1n) is 10.4. The van der Waals surface area contributed by atoms with E-state index in [1.807, 2.05) is 18.3 Å². The smallest absolute Gasteiger partial charge is 0.254 e. The molecule has 1 amide bonds. The number of benzene rings is 2. The Bertz CT molecular complexity index is 1360. The van der Waals surface area contributed by atoms with Crippen LogP contribution in [-0.4, -0.2) is 39.6 Å². The van der Waals surface area contributed by atoms with Gasteiger partial charge in [0.1, 0.15) is 11.5 Å². The lowest BCUT2D eigenvalue weighted by Crippen LogP contribution is -2.35. The fourth-order valence-electron chi connectivity index (χ4n) is 4.11. The van der Waals surface area contributed by atoms with Gasteiger partial charge < -0.3 is 9.88 Å². The van der Waals surface area contributed by atoms with Crippen molar-refractivity contribution in [2.24, 2.45) is 0 Å². The van der Waals surface area contributed by atoms with Crippen molar-refractivity contribution < 1.29 is 14.0 Å². The van der Waals surface area contributed by atoms with Gasteiger partial charge in [0, 0.05) is 47.6 Å². The monoisotopic (exact) mass is 425 g/mol. The van der Waals surface area contributed by atoms with Gasteiger partial charge in [-0.15, -0.1) is 0 Å². The minimum atomic E-state index is -0.409. The third-order valence-corrected chi connectivity index (χ3v) is 5.80. The Kier molecular flexibility index (Phi) is 5.11. The first-order valence-corrected chi connectivity index (χ1v) is 10.4. The van der Waals surface area contributed by atoms with E-state index < -0.39 is 5.82 Å². The molecule has 3 heterocycles. The number of nitrogens with one attached hydrogen (secondary N) is 1. The van der Waals surface area contributed by atoms with Crippen molar-refractivity contribution in [3.8, 4) is 0 Å². The van der Waals surface area contributed by atoms with E-state index in [1.54, 1.807) is 35.4 Å². The second-order valence-corrected chi connectivity index (χ2v) is 7.71. The highest BCUT2D eigenvalue weighted by molar-refractivity contribution is 6.15. The van der Waals surface area contributed by atoms with Gasteiger partial charge in [-0.25, -0.2) is 9.37 Å². The molecule has 5 nitrogen and oxygen atoms in total. The molecule has 0 bridgehead atoms. The molecule has 5 rings (SSSR count). The maximum Gasteiger partial charge on any atom is 0.254 e. The molecule has 0 radical (unpaired) electrons. The van der Waals surface area contributed by atoms with Gasteiger partial charge in [-0.3, -0.25) is 9.59 Å². The van der Waals surface area contributed by atoms with Crippen molar-refractivity contribution in [1.29, 1.82) is 0 Å². The Morgan fingerprint density at radius 3 is 2.50 bits per heavy atom. The van der Waals surface area contributed by atoms with Crippen molar-refractivity contribution in [2.75, 3.05) is 13.1 Å². The van der Waals surface area contributed by atoms with Crippen LogP contribution in [0.25, 0.3) is 16.6 Å². The molecule has 1 aliphatic rings. The number of fused-ring (bicyclic) bond motifs is 1. The van der Waals surface area contributed by atoms with Gasteiger partial charge in [0.05, 0.1) is 5.56 Å². The Hall–Kier alpha value is -4.06. The molecule has 2 aromatic heterocycles. The third-order valence-electron chi connectivity index (χ3n) is 5.80. The van der Waals surface area contributed by atoms with E-state index in [-0.39, 0.29) is 11.7 Å². The molecule has 0 saturated heterocycles. The molecule has 1 N–H and O–H groups in total. The minimum Gasteiger partial charge on any atom is -0.346 e. The zero-order chi connectivity index (χ0) is 22.1. The van der Waals surface area contributed by atoms with Gasteiger partial charge in [0.15, 0.2) is 5.78 Å². The Balaban J connectivity index is 1.39. The van der Waals surface area contributed by atoms with Crippen LogP contribution in [0.15, 0.2) is 79.1 Å². The fourth-order valence-corrected chi connectivity index (χ4v) is 4.11. The summed E-state index contributed by atoms with van der Waals surface area (Å²) in [5.74, 6) is -0.895. The van der Waals surface area contributed by atoms with Gasteiger partial charge in [0.25, 0.3) is 5.91 Å². The molecular weight excluding hydrogens is 405 g/mol. The number of halogens is 1. The third kappa shape index (κ3) is 3.60. The molecular formula is C26H20FN3O2. The largest absolute Gasteiger partial charge is 0.346 e. The normalized spacial score (nSPS) is 13.8. The van der Waals surface area contributed by atoms with Crippen LogP contribution in [0.4, 0.5) is 4.39 Å². The number of pyridine rings is 1. The van der Waals surface area contributed by atoms with Crippen LogP contribution in [0.2, 0.25) is 0 Å². The van der Waals surface area contributed by atoms with E-state index in [4.69, 9.17) is 0 Å². The minimum absolute atomic E-state index is 0.188. The topological polar surface area (TPSA) is 66.1 Å². The highest BCUT2D eigenvalue weighted by Gasteiger charge is 2.24. The summed E-state index contributed by atoms with van der Waals surface area (Å²) in [7, 11) is 0. The van der Waals surface area contributed by atoms with Crippen LogP contribution >= 0.6 is 0 Å². The fraction of sp³-hybridized carbons (Fsp3) is 0.115. The molecule has 0 saturated carbocycles. The number of hydrogen-bond donors (Lipinski definition) is 1. The Labute approximate surface area is 184 Å². The molecule has 32 heavy (non-hydrogen) atoms. The highest BCUT2D eigenvalue weighted by atomic mass is 19.1. The van der Waals surface area contributed by atoms with Crippen LogP contribution in [-0.2, 0) is 0 Å². The molecule has 2 aromatic carbocycles. The maximum absolute atomic E-state index is 13.3. The number of nitrogens with zero attached hydrogens (tertiary/aromatic N) is 2. The van der Waals surface area contributed by atoms with Crippen LogP contribution in [0.3, 0.4) is 0 Å². The standard InChI is InChI=1S/C26H20FN3O2/c27-19-9-7-18(8-10-19)24(31)20-4-1-2-5-22(20)26(32)30-14-11-17(12-15-30)23-16-29-25-21(23)6-3-13-28-25/h1-11,13,16H,12,14-15H2,(H,28,29). The highest BCUT2D eigenvalue weighted by Crippen LogP contribution is 2.29. The van der Waals surface area contributed by atoms with E-state index in [9.17, 15) is 14.0 Å². The Morgan fingerprint density at radius 2 is 1.75 bits per heavy atom. The summed E-state index contributed by atoms with van der Waals surface area (Å²) in [6.45, 7) is 1.01. The van der Waals surface area contributed by atoms with Gasteiger partial charge in [-0.1, -0.05) is 24.3 Å². The molecule has 0 fully saturated rings. The lowest BCUT2D eigenvalue weighted by molar-refractivity contribution is 0.0768. The number of rotatable bonds is 4. The quantitative estimate of drug-likeness (QED) is 0.475. The average Bonchev–Trinajstić information content (AvgIpc) is 3.28. The van der Waals surface area contributed by atoms with Crippen LogP contribution in [0, 0.1) is 5.82 Å². The number of amides is 1. The Morgan fingerprint density at radius 1 is 0.969 bits per heavy atom. The summed E-state index contributed by atoms with van der Waals surface area (Å²) in [6, 6.07) is 16.1. The van der Waals surface area contributed by atoms with Crippen molar-refractivity contribution in [1.82, 2.24) is 14.9 Å². The number of carbonyl (C=O) groups is 2. The average molecular weight is 425 g/mol. The van der Waals surface area contributed by atoms with Crippen molar-refractivity contribution in [3.05, 3.63) is 107 Å². The summed E-state index contributed by atoms with van der Waals surface area (Å²) >= 11 is 0. The zero-order valence-corrected chi connectivity index (χ0v) is 17.2. The van der Waals surface area contributed by atoms with Crippen LogP contribution < -0.4 is 0 Å². The lowest BCUT2D eigenvalue weighted by atomic mass is 9.96. The predicted molar refractivity (Wildman–Crippen MR) is 121 cm³/mol. The van der Waals surface area contributed by atoms with Crippen molar-refractivity contribution >= 4 is 28.3 Å². The van der Waals surface area contributed by atoms with Gasteiger partial charge in [-0.05, 0) is 54.5 Å². The lowest BCUT2D eigenvalue weighted by Gasteiger charge is -2.27. The molecule has 4 aromatic rings. The predicted octanol–water partition coefficient (Wildman–Crippen LogP) is 4.86. The second-order valence-electron chi connectivity index (χ2n) is 7.71. The second kappa shape index (κ2) is 8.23. The molecule has 0 spiro atoms. The van der Waals surface area contributed by atoms with Crippen molar-refractivity contribution in [2.45, 2.75) is 6.42 Å². The number of ketones is 1. The summed E-state index contributed by atoms with van der Waals surface area (Å²) in [5.41, 5.74) is 4.14. The SMILES string of the molecule is O=C(c1ccc(F)cc1)c1ccccc1C(=O)N1CC=C(c2c[nH]c3ncccc23)CC1. The summed E-state index contributed by atoms with van der Waals surface area (Å²) < 4.78 is 13.2. The van der Waals surface area contributed by atoms with E-state index >= 15 is 0 Å². The van der Waals surface area contributed by atoms with E-state index in [2.05, 4.69) is 16.0 Å². The molecule has 0 aliphatic carbocycles. The molecule has 0 unspecified atom stereocenters. The summed E-state index contributed by atoms with van der Waals surface area (Å²) in [4.78, 5) is 35.5. The van der Waals surface area contributed by atoms with Gasteiger partial charge in [0.2, 0.25) is 0 Å². The van der Waals surface area contributed by atoms with Crippen LogP contribution in [0.5, 0.6) is 0 Å². The first-order chi connectivity index (χ1) is 15.6. The van der Waals surface area contributed by atoms with Crippen LogP contribution in [0.1, 0.15) is 38.3 Å². The maximum atomic E-state index is 13.3. The van der Waals surface area contributed by atoms with Gasteiger partial charge >= 0.3 is 0 Å². The number of aromatic amines is 1. The summed E-state index contributed by atoms with van der Waals surface area (Å²) in [6.07, 6.45) is 6.48. The molecule has 158 valence electrons. The van der Waals surface area contributed by atoms with E-state index in [0.29, 0.717) is 36.2 Å². The summed E-state index contributed by atoms with van der Waals surface area (Å²) in [5, 5.41) is 1.06. The van der Waals surface area contributed by atoms with Gasteiger partial charge in [-0.2, -0.15) is 0 Å². The number of hydrogen-bond acceptors (Lipinski definition) is 3. The number of carbonyl (C=O) groups excluding carboxylic acids is 2. The number of H-pyrrole nitrogens is 1. The first kappa shape index (κ1) is 19.9. The molecule has 0 atom stereocenters. The zero-order valence-electron chi connectivity index (χ0n) is 17.2.